The van der Waals surface area contributed by atoms with Crippen LogP contribution in [0, 0.1) is 0 Å². The highest BCUT2D eigenvalue weighted by Gasteiger charge is 2.36. The van der Waals surface area contributed by atoms with Gasteiger partial charge in [0.25, 0.3) is 5.91 Å². The molecule has 2 fully saturated rings. The maximum Gasteiger partial charge on any atom is 0.407 e. The lowest BCUT2D eigenvalue weighted by Crippen LogP contribution is -2.54. The van der Waals surface area contributed by atoms with Gasteiger partial charge >= 0.3 is 12.1 Å². The fourth-order valence-corrected chi connectivity index (χ4v) is 5.49. The van der Waals surface area contributed by atoms with Crippen molar-refractivity contribution in [2.75, 3.05) is 51.8 Å². The number of rotatable bonds is 6. The number of hydrogen-bond acceptors (Lipinski definition) is 9. The molecule has 0 saturated carbocycles. The predicted octanol–water partition coefficient (Wildman–Crippen LogP) is 2.35. The van der Waals surface area contributed by atoms with Crippen LogP contribution in [0.4, 0.5) is 10.6 Å². The minimum absolute atomic E-state index is 0.109. The number of methoxy groups -OCH3 is 1. The van der Waals surface area contributed by atoms with Crippen LogP contribution < -0.4 is 14.4 Å². The molecule has 0 bridgehead atoms. The van der Waals surface area contributed by atoms with Crippen LogP contribution in [-0.4, -0.2) is 106 Å². The summed E-state index contributed by atoms with van der Waals surface area (Å²) < 4.78 is 11.3. The topological polar surface area (TPSA) is 124 Å². The summed E-state index contributed by atoms with van der Waals surface area (Å²) >= 11 is 6.31. The number of likely N-dealkylation sites (N-methyl/N-ethyl adjacent to an activating group) is 1. The van der Waals surface area contributed by atoms with E-state index in [9.17, 15) is 14.7 Å². The highest BCUT2D eigenvalue weighted by atomic mass is 35.5. The summed E-state index contributed by atoms with van der Waals surface area (Å²) in [6.45, 7) is 5.18. The average molecular weight is 546 g/mol. The van der Waals surface area contributed by atoms with E-state index in [2.05, 4.69) is 21.8 Å². The molecule has 2 atom stereocenters. The summed E-state index contributed by atoms with van der Waals surface area (Å²) in [4.78, 5) is 46.1. The van der Waals surface area contributed by atoms with E-state index in [1.54, 1.807) is 17.0 Å². The number of anilines is 1. The largest absolute Gasteiger partial charge is 0.481 e. The number of aromatic nitrogens is 3. The lowest BCUT2D eigenvalue weighted by atomic mass is 10.1. The molecular formula is C25H32ClN7O5. The van der Waals surface area contributed by atoms with Gasteiger partial charge in [0.2, 0.25) is 5.88 Å². The van der Waals surface area contributed by atoms with Crippen LogP contribution in [0.3, 0.4) is 0 Å². The number of ether oxygens (including phenoxy) is 2. The van der Waals surface area contributed by atoms with Crippen LogP contribution in [0.2, 0.25) is 5.02 Å². The lowest BCUT2D eigenvalue weighted by Gasteiger charge is -2.40. The molecule has 13 heteroatoms. The zero-order valence-corrected chi connectivity index (χ0v) is 22.5. The summed E-state index contributed by atoms with van der Waals surface area (Å²) in [6.07, 6.45) is 1.25. The van der Waals surface area contributed by atoms with Gasteiger partial charge in [0.05, 0.1) is 30.9 Å². The third-order valence-electron chi connectivity index (χ3n) is 7.51. The SMILES string of the molecule is COc1ccc(Cl)c(C(=O)N2Cc3nc(OCC4CCCN4C)nc(N4CCN(C(=O)O)CC4C)c3C2)n1. The van der Waals surface area contributed by atoms with E-state index in [0.29, 0.717) is 49.7 Å². The molecule has 2 unspecified atom stereocenters. The van der Waals surface area contributed by atoms with Crippen molar-refractivity contribution in [1.82, 2.24) is 29.7 Å². The number of carbonyl (C=O) groups excluding carboxylic acids is 1. The first-order chi connectivity index (χ1) is 18.2. The second-order valence-electron chi connectivity index (χ2n) is 9.96. The number of halogens is 1. The van der Waals surface area contributed by atoms with Crippen LogP contribution >= 0.6 is 11.6 Å². The molecule has 5 rings (SSSR count). The third-order valence-corrected chi connectivity index (χ3v) is 7.81. The molecular weight excluding hydrogens is 514 g/mol. The van der Waals surface area contributed by atoms with Gasteiger partial charge in [0, 0.05) is 43.3 Å². The zero-order chi connectivity index (χ0) is 27.0. The zero-order valence-electron chi connectivity index (χ0n) is 21.8. The Labute approximate surface area is 226 Å². The first-order valence-corrected chi connectivity index (χ1v) is 13.1. The Morgan fingerprint density at radius 3 is 2.63 bits per heavy atom. The van der Waals surface area contributed by atoms with Crippen molar-refractivity contribution >= 4 is 29.4 Å². The summed E-state index contributed by atoms with van der Waals surface area (Å²) in [5.41, 5.74) is 1.63. The molecule has 2 saturated heterocycles. The van der Waals surface area contributed by atoms with Gasteiger partial charge in [-0.1, -0.05) is 11.6 Å². The second kappa shape index (κ2) is 10.8. The van der Waals surface area contributed by atoms with E-state index in [-0.39, 0.29) is 41.8 Å². The number of carbonyl (C=O) groups is 2. The number of carboxylic acid groups (broad SMARTS) is 1. The minimum atomic E-state index is -0.937. The second-order valence-corrected chi connectivity index (χ2v) is 10.4. The molecule has 0 radical (unpaired) electrons. The van der Waals surface area contributed by atoms with Gasteiger partial charge in [-0.15, -0.1) is 0 Å². The van der Waals surface area contributed by atoms with Crippen LogP contribution in [-0.2, 0) is 13.1 Å². The number of fused-ring (bicyclic) bond motifs is 1. The van der Waals surface area contributed by atoms with E-state index in [1.165, 1.54) is 12.0 Å². The van der Waals surface area contributed by atoms with Gasteiger partial charge in [0.1, 0.15) is 12.4 Å². The van der Waals surface area contributed by atoms with Crippen LogP contribution in [0.25, 0.3) is 0 Å². The molecule has 2 aromatic rings. The van der Waals surface area contributed by atoms with Crippen molar-refractivity contribution in [1.29, 1.82) is 0 Å². The van der Waals surface area contributed by atoms with Crippen LogP contribution in [0.15, 0.2) is 12.1 Å². The molecule has 2 aromatic heterocycles. The number of amides is 2. The first-order valence-electron chi connectivity index (χ1n) is 12.7. The fraction of sp³-hybridized carbons (Fsp3) is 0.560. The Morgan fingerprint density at radius 2 is 1.95 bits per heavy atom. The number of hydrogen-bond donors (Lipinski definition) is 1. The molecule has 2 amide bonds. The van der Waals surface area contributed by atoms with Gasteiger partial charge in [-0.05, 0) is 39.4 Å². The van der Waals surface area contributed by atoms with E-state index >= 15 is 0 Å². The molecule has 1 N–H and O–H groups in total. The van der Waals surface area contributed by atoms with Crippen molar-refractivity contribution in [3.8, 4) is 11.9 Å². The summed E-state index contributed by atoms with van der Waals surface area (Å²) in [6, 6.07) is 3.63. The molecule has 0 spiro atoms. The average Bonchev–Trinajstić information content (AvgIpc) is 3.52. The fourth-order valence-electron chi connectivity index (χ4n) is 5.31. The van der Waals surface area contributed by atoms with Gasteiger partial charge < -0.3 is 34.2 Å². The van der Waals surface area contributed by atoms with Gasteiger partial charge in [0.15, 0.2) is 5.69 Å². The Balaban J connectivity index is 1.43. The molecule has 3 aliphatic heterocycles. The van der Waals surface area contributed by atoms with Crippen molar-refractivity contribution in [3.63, 3.8) is 0 Å². The monoisotopic (exact) mass is 545 g/mol. The number of piperazine rings is 1. The van der Waals surface area contributed by atoms with Crippen molar-refractivity contribution in [3.05, 3.63) is 34.1 Å². The Morgan fingerprint density at radius 1 is 1.13 bits per heavy atom. The molecule has 0 aliphatic carbocycles. The molecule has 38 heavy (non-hydrogen) atoms. The summed E-state index contributed by atoms with van der Waals surface area (Å²) in [5.74, 6) is 0.631. The van der Waals surface area contributed by atoms with E-state index in [1.807, 2.05) is 6.92 Å². The van der Waals surface area contributed by atoms with E-state index in [4.69, 9.17) is 31.0 Å². The van der Waals surface area contributed by atoms with Crippen molar-refractivity contribution in [2.24, 2.45) is 0 Å². The Bertz CT molecular complexity index is 1230. The molecule has 204 valence electrons. The van der Waals surface area contributed by atoms with Gasteiger partial charge in [-0.25, -0.2) is 9.78 Å². The maximum absolute atomic E-state index is 13.4. The number of likely N-dealkylation sites (tertiary alicyclic amines) is 1. The highest BCUT2D eigenvalue weighted by Crippen LogP contribution is 2.34. The van der Waals surface area contributed by atoms with E-state index in [0.717, 1.165) is 24.9 Å². The van der Waals surface area contributed by atoms with E-state index < -0.39 is 6.09 Å². The number of pyridine rings is 1. The third kappa shape index (κ3) is 5.14. The van der Waals surface area contributed by atoms with Crippen molar-refractivity contribution in [2.45, 2.75) is 44.9 Å². The molecule has 3 aliphatic rings. The van der Waals surface area contributed by atoms with Gasteiger partial charge in [-0.2, -0.15) is 9.97 Å². The summed E-state index contributed by atoms with van der Waals surface area (Å²) in [5, 5.41) is 9.70. The standard InChI is InChI=1S/C25H32ClN7O5/c1-15-11-31(25(35)36)9-10-33(15)22-17-12-32(23(34)21-18(26)6-7-20(28-21)37-3)13-19(17)27-24(29-22)38-14-16-5-4-8-30(16)2/h6-7,15-16H,4-5,8-14H2,1-3H3,(H,35,36). The quantitative estimate of drug-likeness (QED) is 0.578. The smallest absolute Gasteiger partial charge is 0.407 e. The highest BCUT2D eigenvalue weighted by molar-refractivity contribution is 6.33. The molecule has 12 nitrogen and oxygen atoms in total. The molecule has 5 heterocycles. The Kier molecular flexibility index (Phi) is 7.44. The van der Waals surface area contributed by atoms with Gasteiger partial charge in [-0.3, -0.25) is 4.79 Å². The first kappa shape index (κ1) is 26.2. The van der Waals surface area contributed by atoms with Crippen LogP contribution in [0.1, 0.15) is 41.5 Å². The lowest BCUT2D eigenvalue weighted by molar-refractivity contribution is 0.0743. The minimum Gasteiger partial charge on any atom is -0.481 e. The summed E-state index contributed by atoms with van der Waals surface area (Å²) in [7, 11) is 3.56. The number of nitrogens with zero attached hydrogens (tertiary/aromatic N) is 7. The normalized spacial score (nSPS) is 21.5. The van der Waals surface area contributed by atoms with Crippen molar-refractivity contribution < 1.29 is 24.2 Å². The predicted molar refractivity (Wildman–Crippen MR) is 139 cm³/mol. The maximum atomic E-state index is 13.4. The molecule has 0 aromatic carbocycles. The Hall–Kier alpha value is -3.38. The van der Waals surface area contributed by atoms with Crippen LogP contribution in [0.5, 0.6) is 11.9 Å².